The van der Waals surface area contributed by atoms with E-state index < -0.39 is 0 Å². The van der Waals surface area contributed by atoms with Gasteiger partial charge in [0.15, 0.2) is 12.4 Å². The van der Waals surface area contributed by atoms with Gasteiger partial charge in [0.1, 0.15) is 14.1 Å². The maximum Gasteiger partial charge on any atom is 0.150 e. The molecular formula is C7H14N2O2. The molecule has 0 aliphatic rings. The molecule has 0 fully saturated rings. The fourth-order valence-corrected chi connectivity index (χ4v) is 0.664. The normalized spacial score (nSPS) is 13.6. The van der Waals surface area contributed by atoms with Crippen LogP contribution in [0, 0.1) is 10.4 Å². The molecule has 64 valence electrons. The average molecular weight is 158 g/mol. The molecule has 0 aromatic carbocycles. The summed E-state index contributed by atoms with van der Waals surface area (Å²) in [5.41, 5.74) is 0. The van der Waals surface area contributed by atoms with Crippen molar-refractivity contribution in [3.05, 3.63) is 10.4 Å². The minimum atomic E-state index is 0.727. The van der Waals surface area contributed by atoms with E-state index in [1.165, 1.54) is 14.1 Å². The Kier molecular flexibility index (Phi) is 5.15. The van der Waals surface area contributed by atoms with Gasteiger partial charge in [-0.15, -0.1) is 0 Å². The van der Waals surface area contributed by atoms with Crippen LogP contribution in [0.25, 0.3) is 0 Å². The molecule has 4 heteroatoms. The summed E-state index contributed by atoms with van der Waals surface area (Å²) in [6, 6.07) is 0. The maximum absolute atomic E-state index is 10.3. The lowest BCUT2D eigenvalue weighted by Crippen LogP contribution is -1.98. The van der Waals surface area contributed by atoms with Crippen molar-refractivity contribution in [2.75, 3.05) is 14.1 Å². The molecule has 0 N–H and O–H groups in total. The number of hydrogen-bond donors (Lipinski definition) is 0. The molecule has 0 radical (unpaired) electrons. The summed E-state index contributed by atoms with van der Waals surface area (Å²) in [5, 5.41) is 20.6. The lowest BCUT2D eigenvalue weighted by Gasteiger charge is -1.94. The van der Waals surface area contributed by atoms with Gasteiger partial charge < -0.3 is 10.4 Å². The first-order valence-corrected chi connectivity index (χ1v) is 3.59. The van der Waals surface area contributed by atoms with E-state index >= 15 is 0 Å². The van der Waals surface area contributed by atoms with Crippen molar-refractivity contribution in [3.63, 3.8) is 0 Å². The summed E-state index contributed by atoms with van der Waals surface area (Å²) in [5.74, 6) is 0. The summed E-state index contributed by atoms with van der Waals surface area (Å²) in [6.45, 7) is 0. The monoisotopic (exact) mass is 158 g/mol. The number of rotatable bonds is 4. The molecule has 0 aliphatic heterocycles. The summed E-state index contributed by atoms with van der Waals surface area (Å²) < 4.78 is 1.56. The van der Waals surface area contributed by atoms with E-state index in [4.69, 9.17) is 0 Å². The van der Waals surface area contributed by atoms with Gasteiger partial charge in [-0.25, -0.2) is 9.48 Å². The van der Waals surface area contributed by atoms with Gasteiger partial charge in [0.2, 0.25) is 0 Å². The third kappa shape index (κ3) is 8.94. The Hall–Kier alpha value is -1.06. The fraction of sp³-hybridized carbons (Fsp3) is 0.714. The molecule has 4 nitrogen and oxygen atoms in total. The van der Waals surface area contributed by atoms with Crippen LogP contribution in [0.15, 0.2) is 0 Å². The van der Waals surface area contributed by atoms with Crippen LogP contribution in [-0.4, -0.2) is 36.0 Å². The summed E-state index contributed by atoms with van der Waals surface area (Å²) in [7, 11) is 2.90. The van der Waals surface area contributed by atoms with Gasteiger partial charge in [-0.1, -0.05) is 0 Å². The molecule has 0 rings (SSSR count). The molecule has 0 aromatic rings. The van der Waals surface area contributed by atoms with Crippen LogP contribution in [0.3, 0.4) is 0 Å². The van der Waals surface area contributed by atoms with Gasteiger partial charge in [-0.3, -0.25) is 0 Å². The highest BCUT2D eigenvalue weighted by atomic mass is 16.5. The van der Waals surface area contributed by atoms with E-state index in [9.17, 15) is 10.4 Å². The van der Waals surface area contributed by atoms with Crippen LogP contribution in [0.5, 0.6) is 0 Å². The van der Waals surface area contributed by atoms with Gasteiger partial charge >= 0.3 is 0 Å². The minimum absolute atomic E-state index is 0.727. The fourth-order valence-electron chi connectivity index (χ4n) is 0.664. The van der Waals surface area contributed by atoms with Crippen molar-refractivity contribution in [2.24, 2.45) is 0 Å². The van der Waals surface area contributed by atoms with Crippen LogP contribution in [-0.2, 0) is 0 Å². The second-order valence-electron chi connectivity index (χ2n) is 2.39. The highest BCUT2D eigenvalue weighted by Gasteiger charge is 1.87. The zero-order valence-electron chi connectivity index (χ0n) is 6.99. The van der Waals surface area contributed by atoms with Crippen LogP contribution in [0.1, 0.15) is 19.3 Å². The molecule has 0 unspecified atom stereocenters. The third-order valence-corrected chi connectivity index (χ3v) is 1.18. The number of hydroxylamine groups is 2. The Morgan fingerprint density at radius 2 is 1.36 bits per heavy atom. The van der Waals surface area contributed by atoms with E-state index in [0.717, 1.165) is 28.7 Å². The van der Waals surface area contributed by atoms with Gasteiger partial charge in [0, 0.05) is 12.8 Å². The lowest BCUT2D eigenvalue weighted by molar-refractivity contribution is -0.419. The lowest BCUT2D eigenvalue weighted by atomic mass is 10.3. The molecule has 0 saturated carbocycles. The molecule has 11 heavy (non-hydrogen) atoms. The maximum atomic E-state index is 10.3. The Balaban J connectivity index is 3.29. The zero-order chi connectivity index (χ0) is 8.69. The number of nitrogens with zero attached hydrogens (tertiary/aromatic N) is 2. The summed E-state index contributed by atoms with van der Waals surface area (Å²) in [6.07, 6.45) is 5.41. The van der Waals surface area contributed by atoms with Gasteiger partial charge in [-0.2, -0.15) is 0 Å². The standard InChI is InChI=1S/C7H14N2O2/c1-8(10)6-4-3-5-7-9(2)11/h6-7H,3-5H2,1-2H3. The third-order valence-electron chi connectivity index (χ3n) is 1.18. The van der Waals surface area contributed by atoms with E-state index in [-0.39, 0.29) is 0 Å². The van der Waals surface area contributed by atoms with Crippen molar-refractivity contribution in [2.45, 2.75) is 19.3 Å². The van der Waals surface area contributed by atoms with Crippen molar-refractivity contribution in [1.82, 2.24) is 0 Å². The molecule has 0 saturated heterocycles. The zero-order valence-corrected chi connectivity index (χ0v) is 6.99. The Labute approximate surface area is 66.6 Å². The van der Waals surface area contributed by atoms with Gasteiger partial charge in [0.25, 0.3) is 0 Å². The SMILES string of the molecule is C[N+]([O-])=CCCCC=[N+](C)[O-]. The van der Waals surface area contributed by atoms with E-state index in [0.29, 0.717) is 0 Å². The smallest absolute Gasteiger partial charge is 0.150 e. The average Bonchev–Trinajstić information content (AvgIpc) is 1.85. The highest BCUT2D eigenvalue weighted by Crippen LogP contribution is 1.88. The summed E-state index contributed by atoms with van der Waals surface area (Å²) >= 11 is 0. The molecular weight excluding hydrogens is 144 g/mol. The predicted octanol–water partition coefficient (Wildman–Crippen LogP) is 0.579. The first-order valence-electron chi connectivity index (χ1n) is 3.59. The summed E-state index contributed by atoms with van der Waals surface area (Å²) in [4.78, 5) is 0. The van der Waals surface area contributed by atoms with Crippen LogP contribution < -0.4 is 0 Å². The van der Waals surface area contributed by atoms with Crippen LogP contribution in [0.4, 0.5) is 0 Å². The molecule has 0 spiro atoms. The topological polar surface area (TPSA) is 52.1 Å². The molecule has 0 amide bonds. The molecule has 0 heterocycles. The first-order chi connectivity index (χ1) is 5.13. The van der Waals surface area contributed by atoms with Gasteiger partial charge in [-0.05, 0) is 6.42 Å². The van der Waals surface area contributed by atoms with Crippen molar-refractivity contribution < 1.29 is 9.48 Å². The Bertz CT molecular complexity index is 138. The highest BCUT2D eigenvalue weighted by molar-refractivity contribution is 5.54. The largest absolute Gasteiger partial charge is 0.624 e. The molecule has 0 bridgehead atoms. The quantitative estimate of drug-likeness (QED) is 0.197. The van der Waals surface area contributed by atoms with E-state index in [1.54, 1.807) is 12.4 Å². The molecule has 0 aliphatic carbocycles. The second-order valence-corrected chi connectivity index (χ2v) is 2.39. The predicted molar refractivity (Wildman–Crippen MR) is 45.1 cm³/mol. The van der Waals surface area contributed by atoms with Gasteiger partial charge in [0.05, 0.1) is 0 Å². The van der Waals surface area contributed by atoms with Crippen LogP contribution >= 0.6 is 0 Å². The van der Waals surface area contributed by atoms with Crippen LogP contribution in [0.2, 0.25) is 0 Å². The minimum Gasteiger partial charge on any atom is -0.624 e. The second kappa shape index (κ2) is 5.70. The number of hydrogen-bond acceptors (Lipinski definition) is 2. The number of unbranched alkanes of at least 4 members (excludes halogenated alkanes) is 2. The van der Waals surface area contributed by atoms with Crippen molar-refractivity contribution in [3.8, 4) is 0 Å². The Morgan fingerprint density at radius 1 is 1.00 bits per heavy atom. The molecule has 0 atom stereocenters. The van der Waals surface area contributed by atoms with E-state index in [2.05, 4.69) is 0 Å². The Morgan fingerprint density at radius 3 is 1.64 bits per heavy atom. The van der Waals surface area contributed by atoms with Crippen molar-refractivity contribution in [1.29, 1.82) is 0 Å². The van der Waals surface area contributed by atoms with E-state index in [1.807, 2.05) is 0 Å². The molecule has 0 aromatic heterocycles. The van der Waals surface area contributed by atoms with Crippen molar-refractivity contribution >= 4 is 12.4 Å². The first kappa shape index (κ1) is 9.94.